The van der Waals surface area contributed by atoms with Crippen LogP contribution in [0.1, 0.15) is 32.1 Å². The highest BCUT2D eigenvalue weighted by atomic mass is 16.2. The fourth-order valence-electron chi connectivity index (χ4n) is 2.09. The second-order valence-electron chi connectivity index (χ2n) is 4.28. The molecule has 0 bridgehead atoms. The first kappa shape index (κ1) is 11.5. The molecule has 1 amide bonds. The summed E-state index contributed by atoms with van der Waals surface area (Å²) in [6, 6.07) is 0. The van der Waals surface area contributed by atoms with E-state index in [9.17, 15) is 4.79 Å². The fourth-order valence-corrected chi connectivity index (χ4v) is 2.09. The Balaban J connectivity index is 2.13. The Morgan fingerprint density at radius 3 is 2.64 bits per heavy atom. The predicted octanol–water partition coefficient (Wildman–Crippen LogP) is 1.24. The number of amides is 1. The van der Waals surface area contributed by atoms with Crippen molar-refractivity contribution in [2.45, 2.75) is 32.1 Å². The van der Waals surface area contributed by atoms with Gasteiger partial charge in [-0.2, -0.15) is 0 Å². The number of carbonyl (C=O) groups excluding carboxylic acids is 1. The van der Waals surface area contributed by atoms with Crippen LogP contribution in [0.15, 0.2) is 0 Å². The summed E-state index contributed by atoms with van der Waals surface area (Å²) in [5.41, 5.74) is 0. The molecule has 0 aliphatic heterocycles. The lowest BCUT2D eigenvalue weighted by Crippen LogP contribution is -2.35. The highest BCUT2D eigenvalue weighted by Crippen LogP contribution is 2.27. The maximum absolute atomic E-state index is 11.4. The summed E-state index contributed by atoms with van der Waals surface area (Å²) in [7, 11) is 3.71. The molecule has 3 nitrogen and oxygen atoms in total. The maximum atomic E-state index is 11.4. The largest absolute Gasteiger partial charge is 0.345 e. The molecule has 3 heteroatoms. The van der Waals surface area contributed by atoms with Gasteiger partial charge in [-0.25, -0.2) is 0 Å². The summed E-state index contributed by atoms with van der Waals surface area (Å²) < 4.78 is 0. The molecule has 82 valence electrons. The third kappa shape index (κ3) is 3.66. The summed E-state index contributed by atoms with van der Waals surface area (Å²) in [6.07, 6.45) is 6.70. The van der Waals surface area contributed by atoms with Gasteiger partial charge in [-0.3, -0.25) is 4.79 Å². The van der Waals surface area contributed by atoms with Crippen LogP contribution in [0.25, 0.3) is 0 Å². The fraction of sp³-hybridized carbons (Fsp3) is 0.909. The standard InChI is InChI=1S/C11H22N2O/c1-12-9-11(14)13(2)8-7-10-5-3-4-6-10/h10,12H,3-9H2,1-2H3. The molecule has 0 radical (unpaired) electrons. The number of hydrogen-bond donors (Lipinski definition) is 1. The Morgan fingerprint density at radius 2 is 2.07 bits per heavy atom. The first-order valence-electron chi connectivity index (χ1n) is 5.62. The summed E-state index contributed by atoms with van der Waals surface area (Å²) >= 11 is 0. The van der Waals surface area contributed by atoms with E-state index < -0.39 is 0 Å². The van der Waals surface area contributed by atoms with E-state index in [4.69, 9.17) is 0 Å². The van der Waals surface area contributed by atoms with Crippen LogP contribution in [0.4, 0.5) is 0 Å². The summed E-state index contributed by atoms with van der Waals surface area (Å²) in [5.74, 6) is 1.07. The van der Waals surface area contributed by atoms with Gasteiger partial charge in [-0.15, -0.1) is 0 Å². The second-order valence-corrected chi connectivity index (χ2v) is 4.28. The lowest BCUT2D eigenvalue weighted by atomic mass is 10.0. The zero-order valence-corrected chi connectivity index (χ0v) is 9.38. The summed E-state index contributed by atoms with van der Waals surface area (Å²) in [4.78, 5) is 13.3. The van der Waals surface area contributed by atoms with Gasteiger partial charge in [0.25, 0.3) is 0 Å². The van der Waals surface area contributed by atoms with Crippen LogP contribution in [0.3, 0.4) is 0 Å². The smallest absolute Gasteiger partial charge is 0.236 e. The van der Waals surface area contributed by atoms with Crippen molar-refractivity contribution in [2.75, 3.05) is 27.2 Å². The van der Waals surface area contributed by atoms with Crippen LogP contribution >= 0.6 is 0 Å². The van der Waals surface area contributed by atoms with E-state index in [1.54, 1.807) is 0 Å². The average Bonchev–Trinajstić information content (AvgIpc) is 2.67. The molecule has 1 fully saturated rings. The molecule has 0 atom stereocenters. The molecule has 0 aromatic heterocycles. The van der Waals surface area contributed by atoms with Crippen LogP contribution < -0.4 is 5.32 Å². The minimum absolute atomic E-state index is 0.200. The van der Waals surface area contributed by atoms with Crippen LogP contribution in [0.5, 0.6) is 0 Å². The highest BCUT2D eigenvalue weighted by molar-refractivity contribution is 5.77. The Morgan fingerprint density at radius 1 is 1.43 bits per heavy atom. The van der Waals surface area contributed by atoms with Crippen LogP contribution in [-0.4, -0.2) is 38.0 Å². The zero-order valence-electron chi connectivity index (χ0n) is 9.38. The van der Waals surface area contributed by atoms with Gasteiger partial charge >= 0.3 is 0 Å². The van der Waals surface area contributed by atoms with Crippen molar-refractivity contribution in [3.05, 3.63) is 0 Å². The molecule has 0 heterocycles. The van der Waals surface area contributed by atoms with Gasteiger partial charge in [0.05, 0.1) is 6.54 Å². The van der Waals surface area contributed by atoms with E-state index in [1.807, 2.05) is 19.0 Å². The molecule has 1 N–H and O–H groups in total. The predicted molar refractivity (Wildman–Crippen MR) is 58.1 cm³/mol. The highest BCUT2D eigenvalue weighted by Gasteiger charge is 2.16. The van der Waals surface area contributed by atoms with E-state index in [0.29, 0.717) is 6.54 Å². The van der Waals surface area contributed by atoms with Gasteiger partial charge in [0.2, 0.25) is 5.91 Å². The quantitative estimate of drug-likeness (QED) is 0.721. The van der Waals surface area contributed by atoms with Crippen LogP contribution in [0.2, 0.25) is 0 Å². The van der Waals surface area contributed by atoms with E-state index in [-0.39, 0.29) is 5.91 Å². The summed E-state index contributed by atoms with van der Waals surface area (Å²) in [5, 5.41) is 2.89. The Hall–Kier alpha value is -0.570. The van der Waals surface area contributed by atoms with Crippen LogP contribution in [-0.2, 0) is 4.79 Å². The lowest BCUT2D eigenvalue weighted by molar-refractivity contribution is -0.129. The van der Waals surface area contributed by atoms with Crippen molar-refractivity contribution in [3.63, 3.8) is 0 Å². The SMILES string of the molecule is CNCC(=O)N(C)CCC1CCCC1. The molecule has 0 aromatic rings. The van der Waals surface area contributed by atoms with Crippen LogP contribution in [0, 0.1) is 5.92 Å². The minimum atomic E-state index is 0.200. The Labute approximate surface area is 86.9 Å². The molecular formula is C11H22N2O. The molecule has 0 unspecified atom stereocenters. The van der Waals surface area contributed by atoms with E-state index in [1.165, 1.54) is 32.1 Å². The van der Waals surface area contributed by atoms with E-state index >= 15 is 0 Å². The molecule has 1 saturated carbocycles. The molecular weight excluding hydrogens is 176 g/mol. The normalized spacial score (nSPS) is 17.3. The third-order valence-electron chi connectivity index (χ3n) is 3.10. The van der Waals surface area contributed by atoms with Gasteiger partial charge in [0.1, 0.15) is 0 Å². The molecule has 0 spiro atoms. The molecule has 1 rings (SSSR count). The van der Waals surface area contributed by atoms with Crippen molar-refractivity contribution in [3.8, 4) is 0 Å². The van der Waals surface area contributed by atoms with E-state index in [2.05, 4.69) is 5.32 Å². The molecule has 14 heavy (non-hydrogen) atoms. The first-order chi connectivity index (χ1) is 6.74. The van der Waals surface area contributed by atoms with Gasteiger partial charge in [-0.1, -0.05) is 25.7 Å². The average molecular weight is 198 g/mol. The minimum Gasteiger partial charge on any atom is -0.345 e. The summed E-state index contributed by atoms with van der Waals surface area (Å²) in [6.45, 7) is 1.38. The Bertz CT molecular complexity index is 176. The van der Waals surface area contributed by atoms with Gasteiger partial charge in [-0.05, 0) is 19.4 Å². The number of likely N-dealkylation sites (N-methyl/N-ethyl adjacent to an activating group) is 2. The monoisotopic (exact) mass is 198 g/mol. The maximum Gasteiger partial charge on any atom is 0.236 e. The number of rotatable bonds is 5. The lowest BCUT2D eigenvalue weighted by Gasteiger charge is -2.19. The second kappa shape index (κ2) is 6.02. The van der Waals surface area contributed by atoms with Crippen molar-refractivity contribution < 1.29 is 4.79 Å². The number of hydrogen-bond acceptors (Lipinski definition) is 2. The molecule has 1 aliphatic carbocycles. The van der Waals surface area contributed by atoms with Gasteiger partial charge < -0.3 is 10.2 Å². The Kier molecular flexibility index (Phi) is 4.94. The number of nitrogens with one attached hydrogen (secondary N) is 1. The van der Waals surface area contributed by atoms with Crippen molar-refractivity contribution in [1.82, 2.24) is 10.2 Å². The number of nitrogens with zero attached hydrogens (tertiary/aromatic N) is 1. The van der Waals surface area contributed by atoms with Gasteiger partial charge in [0, 0.05) is 13.6 Å². The van der Waals surface area contributed by atoms with Crippen molar-refractivity contribution >= 4 is 5.91 Å². The number of carbonyl (C=O) groups is 1. The van der Waals surface area contributed by atoms with E-state index in [0.717, 1.165) is 12.5 Å². The van der Waals surface area contributed by atoms with Crippen molar-refractivity contribution in [2.24, 2.45) is 5.92 Å². The zero-order chi connectivity index (χ0) is 10.4. The van der Waals surface area contributed by atoms with Gasteiger partial charge in [0.15, 0.2) is 0 Å². The third-order valence-corrected chi connectivity index (χ3v) is 3.10. The first-order valence-corrected chi connectivity index (χ1v) is 5.62. The molecule has 0 saturated heterocycles. The molecule has 1 aliphatic rings. The topological polar surface area (TPSA) is 32.3 Å². The molecule has 0 aromatic carbocycles. The van der Waals surface area contributed by atoms with Crippen molar-refractivity contribution in [1.29, 1.82) is 0 Å².